The fraction of sp³-hybridized carbons (Fsp3) is 0.818. The van der Waals surface area contributed by atoms with Crippen molar-refractivity contribution < 1.29 is 0 Å². The fourth-order valence-corrected chi connectivity index (χ4v) is 2.57. The second-order valence-electron chi connectivity index (χ2n) is 4.22. The summed E-state index contributed by atoms with van der Waals surface area (Å²) in [6.45, 7) is 2.35. The first-order valence-corrected chi connectivity index (χ1v) is 5.04. The van der Waals surface area contributed by atoms with Gasteiger partial charge < -0.3 is 0 Å². The molecule has 0 aromatic rings. The highest BCUT2D eigenvalue weighted by molar-refractivity contribution is 5.15. The summed E-state index contributed by atoms with van der Waals surface area (Å²) in [5.74, 6) is 1.09. The Labute approximate surface area is 69.7 Å². The van der Waals surface area contributed by atoms with Crippen molar-refractivity contribution in [3.05, 3.63) is 11.1 Å². The lowest BCUT2D eigenvalue weighted by Gasteiger charge is -2.28. The van der Waals surface area contributed by atoms with E-state index in [2.05, 4.69) is 6.92 Å². The zero-order valence-electron chi connectivity index (χ0n) is 7.53. The monoisotopic (exact) mass is 150 g/mol. The molecule has 0 unspecified atom stereocenters. The summed E-state index contributed by atoms with van der Waals surface area (Å²) >= 11 is 0. The quantitative estimate of drug-likeness (QED) is 0.462. The molecule has 0 amide bonds. The molecular formula is C11H18. The minimum Gasteiger partial charge on any atom is -0.0741 e. The molecule has 0 saturated heterocycles. The highest BCUT2D eigenvalue weighted by Gasteiger charge is 2.19. The zero-order chi connectivity index (χ0) is 7.68. The van der Waals surface area contributed by atoms with Gasteiger partial charge in [-0.2, -0.15) is 0 Å². The molecular weight excluding hydrogens is 132 g/mol. The van der Waals surface area contributed by atoms with Crippen LogP contribution >= 0.6 is 0 Å². The summed E-state index contributed by atoms with van der Waals surface area (Å²) in [5.41, 5.74) is 3.53. The molecule has 0 aromatic heterocycles. The molecule has 0 aromatic carbocycles. The fourth-order valence-electron chi connectivity index (χ4n) is 2.57. The second kappa shape index (κ2) is 3.00. The van der Waals surface area contributed by atoms with Crippen LogP contribution in [0.5, 0.6) is 0 Å². The van der Waals surface area contributed by atoms with Crippen LogP contribution in [0.3, 0.4) is 0 Å². The van der Waals surface area contributed by atoms with Gasteiger partial charge in [-0.3, -0.25) is 0 Å². The molecule has 11 heavy (non-hydrogen) atoms. The van der Waals surface area contributed by atoms with Gasteiger partial charge in [0.25, 0.3) is 0 Å². The minimum atomic E-state index is 1.09. The van der Waals surface area contributed by atoms with E-state index < -0.39 is 0 Å². The maximum absolute atomic E-state index is 2.35. The Kier molecular flexibility index (Phi) is 2.02. The van der Waals surface area contributed by atoms with E-state index in [1.54, 1.807) is 11.1 Å². The van der Waals surface area contributed by atoms with Crippen molar-refractivity contribution in [2.75, 3.05) is 0 Å². The van der Waals surface area contributed by atoms with E-state index in [-0.39, 0.29) is 0 Å². The summed E-state index contributed by atoms with van der Waals surface area (Å²) in [6, 6.07) is 0. The van der Waals surface area contributed by atoms with Gasteiger partial charge in [0, 0.05) is 0 Å². The van der Waals surface area contributed by atoms with Crippen molar-refractivity contribution in [2.45, 2.75) is 51.9 Å². The third-order valence-electron chi connectivity index (χ3n) is 3.48. The molecule has 0 radical (unpaired) electrons. The van der Waals surface area contributed by atoms with Crippen LogP contribution in [0, 0.1) is 5.92 Å². The molecule has 3 aliphatic carbocycles. The Bertz CT molecular complexity index is 166. The predicted molar refractivity (Wildman–Crippen MR) is 48.5 cm³/mol. The summed E-state index contributed by atoms with van der Waals surface area (Å²) in [4.78, 5) is 0. The van der Waals surface area contributed by atoms with Crippen LogP contribution in [0.15, 0.2) is 11.1 Å². The Balaban J connectivity index is 2.17. The van der Waals surface area contributed by atoms with E-state index in [1.165, 1.54) is 44.9 Å². The van der Waals surface area contributed by atoms with E-state index in [0.717, 1.165) is 5.92 Å². The Morgan fingerprint density at radius 2 is 1.73 bits per heavy atom. The molecule has 0 aliphatic heterocycles. The first kappa shape index (κ1) is 7.39. The first-order chi connectivity index (χ1) is 5.36. The topological polar surface area (TPSA) is 0 Å². The molecule has 3 aliphatic rings. The van der Waals surface area contributed by atoms with Gasteiger partial charge in [-0.1, -0.05) is 17.6 Å². The lowest BCUT2D eigenvalue weighted by molar-refractivity contribution is 0.359. The maximum atomic E-state index is 2.35. The molecule has 0 N–H and O–H groups in total. The SMILES string of the molecule is CC1=C2CCC(CCC1)CC2. The van der Waals surface area contributed by atoms with Crippen LogP contribution in [-0.2, 0) is 0 Å². The molecule has 0 nitrogen and oxygen atoms in total. The predicted octanol–water partition coefficient (Wildman–Crippen LogP) is 3.68. The van der Waals surface area contributed by atoms with Gasteiger partial charge in [0.15, 0.2) is 0 Å². The zero-order valence-corrected chi connectivity index (χ0v) is 7.53. The molecule has 0 atom stereocenters. The first-order valence-electron chi connectivity index (χ1n) is 5.04. The van der Waals surface area contributed by atoms with Crippen LogP contribution in [0.1, 0.15) is 51.9 Å². The summed E-state index contributed by atoms with van der Waals surface area (Å²) in [5, 5.41) is 0. The van der Waals surface area contributed by atoms with Gasteiger partial charge in [-0.25, -0.2) is 0 Å². The van der Waals surface area contributed by atoms with Crippen LogP contribution in [0.4, 0.5) is 0 Å². The molecule has 2 bridgehead atoms. The van der Waals surface area contributed by atoms with Crippen LogP contribution in [-0.4, -0.2) is 0 Å². The molecule has 1 saturated carbocycles. The number of hydrogen-bond acceptors (Lipinski definition) is 0. The van der Waals surface area contributed by atoms with Gasteiger partial charge in [-0.15, -0.1) is 0 Å². The smallest absolute Gasteiger partial charge is 0.0315 e. The number of fused-ring (bicyclic) bond motifs is 5. The van der Waals surface area contributed by atoms with Crippen molar-refractivity contribution in [1.82, 2.24) is 0 Å². The van der Waals surface area contributed by atoms with E-state index >= 15 is 0 Å². The van der Waals surface area contributed by atoms with Crippen LogP contribution < -0.4 is 0 Å². The van der Waals surface area contributed by atoms with Crippen molar-refractivity contribution in [3.63, 3.8) is 0 Å². The summed E-state index contributed by atoms with van der Waals surface area (Å²) in [6.07, 6.45) is 10.2. The second-order valence-corrected chi connectivity index (χ2v) is 4.22. The number of allylic oxidation sites excluding steroid dienone is 2. The average molecular weight is 150 g/mol. The highest BCUT2D eigenvalue weighted by atomic mass is 14.3. The van der Waals surface area contributed by atoms with E-state index in [9.17, 15) is 0 Å². The summed E-state index contributed by atoms with van der Waals surface area (Å²) < 4.78 is 0. The van der Waals surface area contributed by atoms with Gasteiger partial charge in [-0.05, 0) is 51.4 Å². The third-order valence-corrected chi connectivity index (χ3v) is 3.48. The maximum Gasteiger partial charge on any atom is -0.0315 e. The lowest BCUT2D eigenvalue weighted by atomic mass is 9.78. The normalized spacial score (nSPS) is 31.9. The largest absolute Gasteiger partial charge is 0.0741 e. The molecule has 3 rings (SSSR count). The van der Waals surface area contributed by atoms with Crippen molar-refractivity contribution >= 4 is 0 Å². The number of hydrogen-bond donors (Lipinski definition) is 0. The van der Waals surface area contributed by atoms with Crippen LogP contribution in [0.2, 0.25) is 0 Å². The van der Waals surface area contributed by atoms with Crippen molar-refractivity contribution in [2.24, 2.45) is 5.92 Å². The van der Waals surface area contributed by atoms with Crippen molar-refractivity contribution in [1.29, 1.82) is 0 Å². The molecule has 0 heteroatoms. The Morgan fingerprint density at radius 1 is 1.00 bits per heavy atom. The average Bonchev–Trinajstić information content (AvgIpc) is 2.01. The highest BCUT2D eigenvalue weighted by Crippen LogP contribution is 2.36. The van der Waals surface area contributed by atoms with Gasteiger partial charge in [0.2, 0.25) is 0 Å². The molecule has 1 fully saturated rings. The summed E-state index contributed by atoms with van der Waals surface area (Å²) in [7, 11) is 0. The Hall–Kier alpha value is -0.260. The van der Waals surface area contributed by atoms with E-state index in [4.69, 9.17) is 0 Å². The minimum absolute atomic E-state index is 1.09. The van der Waals surface area contributed by atoms with Gasteiger partial charge in [0.1, 0.15) is 0 Å². The van der Waals surface area contributed by atoms with Crippen molar-refractivity contribution in [3.8, 4) is 0 Å². The van der Waals surface area contributed by atoms with E-state index in [0.29, 0.717) is 0 Å². The van der Waals surface area contributed by atoms with Gasteiger partial charge >= 0.3 is 0 Å². The van der Waals surface area contributed by atoms with Crippen LogP contribution in [0.25, 0.3) is 0 Å². The molecule has 0 heterocycles. The van der Waals surface area contributed by atoms with Gasteiger partial charge in [0.05, 0.1) is 0 Å². The molecule has 0 spiro atoms. The molecule has 62 valence electrons. The van der Waals surface area contributed by atoms with E-state index in [1.807, 2.05) is 0 Å². The Morgan fingerprint density at radius 3 is 2.45 bits per heavy atom. The third kappa shape index (κ3) is 1.50. The standard InChI is InChI=1S/C11H18/c1-9-3-2-4-10-5-7-11(9)8-6-10/h10H,2-8H2,1H3. The number of rotatable bonds is 0. The lowest BCUT2D eigenvalue weighted by Crippen LogP contribution is -2.12.